The Morgan fingerprint density at radius 1 is 1.40 bits per heavy atom. The zero-order chi connectivity index (χ0) is 17.7. The molecule has 3 heterocycles. The van der Waals surface area contributed by atoms with Gasteiger partial charge < -0.3 is 5.32 Å². The van der Waals surface area contributed by atoms with Gasteiger partial charge in [-0.15, -0.1) is 11.3 Å². The lowest BCUT2D eigenvalue weighted by Gasteiger charge is -2.22. The molecule has 25 heavy (non-hydrogen) atoms. The number of carbonyl (C=O) groups is 1. The Bertz CT molecular complexity index is 1070. The molecule has 1 aliphatic heterocycles. The van der Waals surface area contributed by atoms with Crippen molar-refractivity contribution in [2.24, 2.45) is 0 Å². The summed E-state index contributed by atoms with van der Waals surface area (Å²) in [6.07, 6.45) is 0.354. The van der Waals surface area contributed by atoms with Gasteiger partial charge in [0, 0.05) is 22.9 Å². The highest BCUT2D eigenvalue weighted by Crippen LogP contribution is 2.46. The number of nitrogens with one attached hydrogen (secondary N) is 2. The smallest absolute Gasteiger partial charge is 0.289 e. The summed E-state index contributed by atoms with van der Waals surface area (Å²) in [7, 11) is 0. The molecule has 4 rings (SSSR count). The van der Waals surface area contributed by atoms with Crippen molar-refractivity contribution in [2.45, 2.75) is 19.3 Å². The van der Waals surface area contributed by atoms with Crippen molar-refractivity contribution < 1.29 is 9.78 Å². The van der Waals surface area contributed by atoms with Crippen molar-refractivity contribution in [3.05, 3.63) is 51.5 Å². The highest BCUT2D eigenvalue weighted by Gasteiger charge is 2.33. The van der Waals surface area contributed by atoms with Crippen molar-refractivity contribution in [1.82, 2.24) is 0 Å². The van der Waals surface area contributed by atoms with Gasteiger partial charge in [0.15, 0.2) is 0 Å². The van der Waals surface area contributed by atoms with Gasteiger partial charge in [0.1, 0.15) is 22.2 Å². The zero-order valence-electron chi connectivity index (χ0n) is 13.3. The van der Waals surface area contributed by atoms with Gasteiger partial charge in [-0.05, 0) is 30.2 Å². The van der Waals surface area contributed by atoms with Crippen LogP contribution in [0.3, 0.4) is 0 Å². The molecule has 7 heteroatoms. The molecule has 0 aliphatic carbocycles. The monoisotopic (exact) mass is 369 g/mol. The van der Waals surface area contributed by atoms with Crippen LogP contribution in [0, 0.1) is 18.3 Å². The molecule has 0 unspecified atom stereocenters. The van der Waals surface area contributed by atoms with Crippen molar-refractivity contribution in [3.8, 4) is 6.07 Å². The van der Waals surface area contributed by atoms with Gasteiger partial charge >= 0.3 is 0 Å². The van der Waals surface area contributed by atoms with Crippen LogP contribution in [0.2, 0.25) is 5.02 Å². The fraction of sp³-hybridized carbons (Fsp3) is 0.167. The minimum Gasteiger partial charge on any atom is -0.317 e. The van der Waals surface area contributed by atoms with E-state index < -0.39 is 0 Å². The molecule has 0 saturated heterocycles. The molecule has 4 N–H and O–H groups in total. The lowest BCUT2D eigenvalue weighted by Crippen LogP contribution is -2.24. The first kappa shape index (κ1) is 15.9. The standard InChI is InChI=1S/C18H13ClN4OS/c1-8-12(7-20)17(21)23-15-14-11(9-2-4-10(19)5-3-9)6-13(24)22-18(14)25-16(8)15/h2-5,11H,6H2,1H3,(H2,21,23)(H,22,24)/p+1/t11-/m1/s1. The summed E-state index contributed by atoms with van der Waals surface area (Å²) in [5.41, 5.74) is 10.2. The Hall–Kier alpha value is -2.62. The Morgan fingerprint density at radius 3 is 2.80 bits per heavy atom. The van der Waals surface area contributed by atoms with E-state index in [0.717, 1.165) is 31.9 Å². The zero-order valence-corrected chi connectivity index (χ0v) is 14.9. The molecule has 0 saturated carbocycles. The normalized spacial score (nSPS) is 16.4. The van der Waals surface area contributed by atoms with Crippen LogP contribution in [0.5, 0.6) is 0 Å². The molecule has 3 aromatic rings. The number of H-pyrrole nitrogens is 1. The van der Waals surface area contributed by atoms with E-state index >= 15 is 0 Å². The number of amides is 1. The number of benzene rings is 1. The summed E-state index contributed by atoms with van der Waals surface area (Å²) in [5.74, 6) is 0.239. The number of halogens is 1. The van der Waals surface area contributed by atoms with Crippen LogP contribution in [-0.2, 0) is 4.79 Å². The molecule has 1 aliphatic rings. The molecule has 1 aromatic carbocycles. The third-order valence-electron chi connectivity index (χ3n) is 4.56. The molecular weight excluding hydrogens is 356 g/mol. The van der Waals surface area contributed by atoms with Crippen LogP contribution >= 0.6 is 22.9 Å². The molecule has 0 spiro atoms. The fourth-order valence-corrected chi connectivity index (χ4v) is 4.73. The Kier molecular flexibility index (Phi) is 3.64. The number of aryl methyl sites for hydroxylation is 1. The molecule has 1 amide bonds. The number of nitrogens with two attached hydrogens (primary N) is 1. The number of hydrogen-bond acceptors (Lipinski definition) is 4. The van der Waals surface area contributed by atoms with E-state index in [4.69, 9.17) is 17.3 Å². The molecule has 5 nitrogen and oxygen atoms in total. The van der Waals surface area contributed by atoms with Gasteiger partial charge in [-0.3, -0.25) is 10.5 Å². The lowest BCUT2D eigenvalue weighted by molar-refractivity contribution is -0.327. The van der Waals surface area contributed by atoms with Crippen LogP contribution in [0.15, 0.2) is 24.3 Å². The third-order valence-corrected chi connectivity index (χ3v) is 6.06. The first-order chi connectivity index (χ1) is 12.0. The number of rotatable bonds is 1. The topological polar surface area (TPSA) is 93.1 Å². The van der Waals surface area contributed by atoms with E-state index in [1.807, 2.05) is 31.2 Å². The number of hydrogen-bond donors (Lipinski definition) is 2. The van der Waals surface area contributed by atoms with Crippen LogP contribution in [0.4, 0.5) is 10.8 Å². The van der Waals surface area contributed by atoms with E-state index in [1.165, 1.54) is 11.3 Å². The number of fused-ring (bicyclic) bond motifs is 3. The number of anilines is 2. The van der Waals surface area contributed by atoms with Crippen LogP contribution in [0.1, 0.15) is 34.6 Å². The summed E-state index contributed by atoms with van der Waals surface area (Å²) in [5, 5.41) is 13.7. The molecular formula is C18H14ClN4OS+. The highest BCUT2D eigenvalue weighted by molar-refractivity contribution is 7.23. The number of carbonyl (C=O) groups excluding carboxylic acids is 1. The average molecular weight is 370 g/mol. The average Bonchev–Trinajstić information content (AvgIpc) is 2.93. The number of thiophene rings is 1. The second kappa shape index (κ2) is 5.73. The largest absolute Gasteiger partial charge is 0.317 e. The van der Waals surface area contributed by atoms with Gasteiger partial charge in [0.05, 0.1) is 4.70 Å². The van der Waals surface area contributed by atoms with Crippen molar-refractivity contribution >= 4 is 49.9 Å². The van der Waals surface area contributed by atoms with E-state index in [1.54, 1.807) is 0 Å². The summed E-state index contributed by atoms with van der Waals surface area (Å²) < 4.78 is 0.942. The Morgan fingerprint density at radius 2 is 2.12 bits per heavy atom. The van der Waals surface area contributed by atoms with Crippen LogP contribution in [-0.4, -0.2) is 5.91 Å². The maximum Gasteiger partial charge on any atom is 0.289 e. The quantitative estimate of drug-likeness (QED) is 0.686. The van der Waals surface area contributed by atoms with Gasteiger partial charge in [-0.1, -0.05) is 23.7 Å². The first-order valence-electron chi connectivity index (χ1n) is 7.72. The van der Waals surface area contributed by atoms with E-state index in [0.29, 0.717) is 22.8 Å². The Balaban J connectivity index is 2.00. The minimum atomic E-state index is -0.0854. The molecule has 124 valence electrons. The summed E-state index contributed by atoms with van der Waals surface area (Å²) >= 11 is 7.47. The minimum absolute atomic E-state index is 0.0230. The second-order valence-corrected chi connectivity index (χ2v) is 7.51. The van der Waals surface area contributed by atoms with Crippen molar-refractivity contribution in [3.63, 3.8) is 0 Å². The van der Waals surface area contributed by atoms with Gasteiger partial charge in [-0.2, -0.15) is 5.26 Å². The molecule has 0 radical (unpaired) electrons. The van der Waals surface area contributed by atoms with Gasteiger partial charge in [-0.25, -0.2) is 4.98 Å². The molecule has 2 aromatic heterocycles. The molecule has 0 fully saturated rings. The van der Waals surface area contributed by atoms with Crippen molar-refractivity contribution in [2.75, 3.05) is 11.1 Å². The van der Waals surface area contributed by atoms with Crippen LogP contribution < -0.4 is 16.0 Å². The lowest BCUT2D eigenvalue weighted by atomic mass is 9.86. The maximum atomic E-state index is 12.2. The molecule has 1 atom stereocenters. The number of nitriles is 1. The number of nitrogen functional groups attached to an aromatic ring is 1. The van der Waals surface area contributed by atoms with Gasteiger partial charge in [0.2, 0.25) is 5.91 Å². The molecule has 0 bridgehead atoms. The highest BCUT2D eigenvalue weighted by atomic mass is 35.5. The number of aromatic amines is 1. The third kappa shape index (κ3) is 2.44. The van der Waals surface area contributed by atoms with Crippen molar-refractivity contribution in [1.29, 1.82) is 5.26 Å². The number of nitrogens with zero attached hydrogens (tertiary/aromatic N) is 1. The summed E-state index contributed by atoms with van der Waals surface area (Å²) in [6, 6.07) is 9.68. The SMILES string of the molecule is Cc1c(C#N)c(N)[nH+]c2c3c(sc12)NC(=O)C[C@@H]3c1ccc(Cl)cc1. The van der Waals surface area contributed by atoms with Gasteiger partial charge in [0.25, 0.3) is 5.82 Å². The van der Waals surface area contributed by atoms with E-state index in [9.17, 15) is 10.1 Å². The first-order valence-corrected chi connectivity index (χ1v) is 8.92. The fourth-order valence-electron chi connectivity index (χ4n) is 3.36. The number of pyridine rings is 1. The predicted octanol–water partition coefficient (Wildman–Crippen LogP) is 3.61. The predicted molar refractivity (Wildman–Crippen MR) is 98.8 cm³/mol. The van der Waals surface area contributed by atoms with Crippen LogP contribution in [0.25, 0.3) is 10.2 Å². The summed E-state index contributed by atoms with van der Waals surface area (Å²) in [4.78, 5) is 15.4. The Labute approximate surface area is 153 Å². The second-order valence-electron chi connectivity index (χ2n) is 6.06. The number of aromatic nitrogens is 1. The van der Waals surface area contributed by atoms with E-state index in [-0.39, 0.29) is 11.8 Å². The summed E-state index contributed by atoms with van der Waals surface area (Å²) in [6.45, 7) is 1.88. The maximum absolute atomic E-state index is 12.2. The van der Waals surface area contributed by atoms with E-state index in [2.05, 4.69) is 16.4 Å².